The molecule has 0 saturated carbocycles. The fourth-order valence-electron chi connectivity index (χ4n) is 0.545. The van der Waals surface area contributed by atoms with Gasteiger partial charge in [-0.3, -0.25) is 0 Å². The highest BCUT2D eigenvalue weighted by Crippen LogP contribution is 2.05. The summed E-state index contributed by atoms with van der Waals surface area (Å²) < 4.78 is 0. The number of rotatable bonds is 0. The van der Waals surface area contributed by atoms with Crippen molar-refractivity contribution in [3.05, 3.63) is 29.8 Å². The van der Waals surface area contributed by atoms with Crippen LogP contribution in [0.15, 0.2) is 29.2 Å². The van der Waals surface area contributed by atoms with Gasteiger partial charge >= 0.3 is 0 Å². The molecule has 0 unspecified atom stereocenters. The smallest absolute Gasteiger partial charge is 0.00401 e. The van der Waals surface area contributed by atoms with Gasteiger partial charge in [0.05, 0.1) is 0 Å². The molecule has 0 aliphatic carbocycles. The van der Waals surface area contributed by atoms with Gasteiger partial charge in [0.15, 0.2) is 0 Å². The Balaban J connectivity index is 0.000000371. The highest BCUT2D eigenvalue weighted by atomic mass is 32.1. The van der Waals surface area contributed by atoms with Gasteiger partial charge in [0, 0.05) is 4.90 Å². The minimum atomic E-state index is 1.02. The number of hydrogen-bond donors (Lipinski definition) is 1. The summed E-state index contributed by atoms with van der Waals surface area (Å²) in [6, 6.07) is 8.06. The van der Waals surface area contributed by atoms with Crippen LogP contribution in [0.1, 0.15) is 5.56 Å². The van der Waals surface area contributed by atoms with Crippen LogP contribution >= 0.6 is 12.6 Å². The monoisotopic (exact) mass is 150 g/mol. The van der Waals surface area contributed by atoms with Crippen molar-refractivity contribution in [3.63, 3.8) is 0 Å². The summed E-state index contributed by atoms with van der Waals surface area (Å²) in [5.41, 5.74) is 1.28. The van der Waals surface area contributed by atoms with Crippen LogP contribution in [0.3, 0.4) is 0 Å². The first kappa shape index (κ1) is 9.13. The maximum atomic E-state index is 4.13. The van der Waals surface area contributed by atoms with Crippen molar-refractivity contribution in [2.45, 2.75) is 11.8 Å². The lowest BCUT2D eigenvalue weighted by atomic mass is 10.2. The Bertz CT molecular complexity index is 175. The number of terminal acetylenes is 1. The molecular weight excluding hydrogens is 140 g/mol. The lowest BCUT2D eigenvalue weighted by molar-refractivity contribution is 1.39. The minimum Gasteiger partial charge on any atom is -0.143 e. The number of thiol groups is 1. The van der Waals surface area contributed by atoms with Crippen LogP contribution in [-0.2, 0) is 0 Å². The zero-order chi connectivity index (χ0) is 7.98. The van der Waals surface area contributed by atoms with Gasteiger partial charge in [-0.1, -0.05) is 17.7 Å². The average Bonchev–Trinajstić information content (AvgIpc) is 2.00. The van der Waals surface area contributed by atoms with Gasteiger partial charge in [-0.15, -0.1) is 25.5 Å². The third-order valence-corrected chi connectivity index (χ3v) is 1.33. The first-order chi connectivity index (χ1) is 4.79. The van der Waals surface area contributed by atoms with Crippen molar-refractivity contribution in [3.8, 4) is 12.8 Å². The van der Waals surface area contributed by atoms with Crippen LogP contribution in [0, 0.1) is 19.8 Å². The summed E-state index contributed by atoms with van der Waals surface area (Å²) in [5, 5.41) is 0. The van der Waals surface area contributed by atoms with E-state index < -0.39 is 0 Å². The topological polar surface area (TPSA) is 0 Å². The van der Waals surface area contributed by atoms with Crippen molar-refractivity contribution in [2.75, 3.05) is 0 Å². The second-order valence-electron chi connectivity index (χ2n) is 1.84. The lowest BCUT2D eigenvalue weighted by Gasteiger charge is -1.89. The Labute approximate surface area is 67.7 Å². The molecule has 0 amide bonds. The van der Waals surface area contributed by atoms with Crippen molar-refractivity contribution < 1.29 is 0 Å². The Morgan fingerprint density at radius 2 is 1.50 bits per heavy atom. The van der Waals surface area contributed by atoms with E-state index in [1.165, 1.54) is 5.56 Å². The molecule has 0 fully saturated rings. The molecule has 0 aliphatic heterocycles. The van der Waals surface area contributed by atoms with Gasteiger partial charge < -0.3 is 0 Å². The quantitative estimate of drug-likeness (QED) is 0.426. The van der Waals surface area contributed by atoms with E-state index in [2.05, 4.69) is 32.4 Å². The van der Waals surface area contributed by atoms with Gasteiger partial charge in [0.1, 0.15) is 0 Å². The summed E-state index contributed by atoms with van der Waals surface area (Å²) in [4.78, 5) is 1.02. The zero-order valence-corrected chi connectivity index (χ0v) is 6.81. The molecule has 0 heterocycles. The molecule has 0 radical (unpaired) electrons. The highest BCUT2D eigenvalue weighted by Gasteiger charge is 1.80. The largest absolute Gasteiger partial charge is 0.143 e. The van der Waals surface area contributed by atoms with E-state index in [-0.39, 0.29) is 0 Å². The zero-order valence-electron chi connectivity index (χ0n) is 5.91. The predicted octanol–water partition coefficient (Wildman–Crippen LogP) is 2.53. The average molecular weight is 150 g/mol. The Kier molecular flexibility index (Phi) is 4.53. The van der Waals surface area contributed by atoms with Crippen LogP contribution in [0.4, 0.5) is 0 Å². The molecule has 0 atom stereocenters. The Hall–Kier alpha value is -0.870. The van der Waals surface area contributed by atoms with Gasteiger partial charge in [0.25, 0.3) is 0 Å². The molecule has 1 rings (SSSR count). The summed E-state index contributed by atoms with van der Waals surface area (Å²) in [5.74, 6) is 0. The summed E-state index contributed by atoms with van der Waals surface area (Å²) >= 11 is 4.13. The molecule has 1 aromatic rings. The van der Waals surface area contributed by atoms with Crippen molar-refractivity contribution in [1.82, 2.24) is 0 Å². The first-order valence-corrected chi connectivity index (χ1v) is 3.33. The third-order valence-electron chi connectivity index (χ3n) is 1.03. The van der Waals surface area contributed by atoms with Gasteiger partial charge in [0.2, 0.25) is 0 Å². The molecule has 0 bridgehead atoms. The third kappa shape index (κ3) is 3.21. The van der Waals surface area contributed by atoms with Crippen molar-refractivity contribution >= 4 is 12.6 Å². The molecular formula is C9H10S. The summed E-state index contributed by atoms with van der Waals surface area (Å²) in [6.07, 6.45) is 8.00. The first-order valence-electron chi connectivity index (χ1n) is 2.88. The summed E-state index contributed by atoms with van der Waals surface area (Å²) in [7, 11) is 0. The van der Waals surface area contributed by atoms with Crippen molar-refractivity contribution in [2.24, 2.45) is 0 Å². The molecule has 1 aromatic carbocycles. The maximum Gasteiger partial charge on any atom is 0.00401 e. The van der Waals surface area contributed by atoms with Crippen LogP contribution < -0.4 is 0 Å². The minimum absolute atomic E-state index is 1.02. The second-order valence-corrected chi connectivity index (χ2v) is 2.35. The van der Waals surface area contributed by atoms with Crippen LogP contribution in [0.5, 0.6) is 0 Å². The molecule has 0 aliphatic rings. The second kappa shape index (κ2) is 4.96. The van der Waals surface area contributed by atoms with Crippen molar-refractivity contribution in [1.29, 1.82) is 0 Å². The molecule has 0 aromatic heterocycles. The van der Waals surface area contributed by atoms with Crippen LogP contribution in [0.25, 0.3) is 0 Å². The molecule has 0 nitrogen and oxygen atoms in total. The predicted molar refractivity (Wildman–Crippen MR) is 48.3 cm³/mol. The standard InChI is InChI=1S/C7H8S.C2H2/c1-6-2-4-7(8)5-3-6;1-2/h2-5,8H,1H3;1-2H. The molecule has 52 valence electrons. The van der Waals surface area contributed by atoms with E-state index in [9.17, 15) is 0 Å². The van der Waals surface area contributed by atoms with Gasteiger partial charge in [-0.2, -0.15) is 0 Å². The fraction of sp³-hybridized carbons (Fsp3) is 0.111. The lowest BCUT2D eigenvalue weighted by Crippen LogP contribution is -1.67. The highest BCUT2D eigenvalue weighted by molar-refractivity contribution is 7.80. The summed E-state index contributed by atoms with van der Waals surface area (Å²) in [6.45, 7) is 2.06. The molecule has 0 spiro atoms. The number of aryl methyl sites for hydroxylation is 1. The van der Waals surface area contributed by atoms with Gasteiger partial charge in [-0.25, -0.2) is 0 Å². The van der Waals surface area contributed by atoms with E-state index in [0.717, 1.165) is 4.90 Å². The maximum absolute atomic E-state index is 4.13. The normalized spacial score (nSPS) is 7.60. The number of benzene rings is 1. The number of hydrogen-bond acceptors (Lipinski definition) is 1. The van der Waals surface area contributed by atoms with Gasteiger partial charge in [-0.05, 0) is 19.1 Å². The molecule has 0 N–H and O–H groups in total. The molecule has 10 heavy (non-hydrogen) atoms. The molecule has 0 saturated heterocycles. The van der Waals surface area contributed by atoms with E-state index >= 15 is 0 Å². The van der Waals surface area contributed by atoms with Crippen LogP contribution in [0.2, 0.25) is 0 Å². The SMILES string of the molecule is C#C.Cc1ccc(S)cc1. The van der Waals surface area contributed by atoms with E-state index in [4.69, 9.17) is 0 Å². The van der Waals surface area contributed by atoms with E-state index in [0.29, 0.717) is 0 Å². The van der Waals surface area contributed by atoms with E-state index in [1.807, 2.05) is 24.3 Å². The molecule has 1 heteroatoms. The van der Waals surface area contributed by atoms with Crippen LogP contribution in [-0.4, -0.2) is 0 Å². The Morgan fingerprint density at radius 3 is 1.80 bits per heavy atom. The fourth-order valence-corrected chi connectivity index (χ4v) is 0.694. The van der Waals surface area contributed by atoms with E-state index in [1.54, 1.807) is 0 Å². The Morgan fingerprint density at radius 1 is 1.10 bits per heavy atom.